The van der Waals surface area contributed by atoms with Crippen molar-refractivity contribution in [2.75, 3.05) is 13.2 Å². The fourth-order valence-corrected chi connectivity index (χ4v) is 1.93. The lowest BCUT2D eigenvalue weighted by Gasteiger charge is -2.11. The SMILES string of the molecule is CCC(CO)C(=O)NCCc1ccc2ncoc2c1. The second-order valence-electron chi connectivity index (χ2n) is 4.48. The van der Waals surface area contributed by atoms with Crippen molar-refractivity contribution in [3.05, 3.63) is 30.2 Å². The number of hydrogen-bond donors (Lipinski definition) is 2. The highest BCUT2D eigenvalue weighted by molar-refractivity contribution is 5.78. The average molecular weight is 262 g/mol. The molecule has 1 aromatic carbocycles. The second kappa shape index (κ2) is 6.33. The van der Waals surface area contributed by atoms with E-state index in [1.165, 1.54) is 6.39 Å². The third-order valence-electron chi connectivity index (χ3n) is 3.19. The largest absolute Gasteiger partial charge is 0.443 e. The van der Waals surface area contributed by atoms with Crippen molar-refractivity contribution in [3.8, 4) is 0 Å². The summed E-state index contributed by atoms with van der Waals surface area (Å²) in [6.45, 7) is 2.33. The number of nitrogens with one attached hydrogen (secondary N) is 1. The van der Waals surface area contributed by atoms with Crippen LogP contribution in [0.4, 0.5) is 0 Å². The van der Waals surface area contributed by atoms with Crippen molar-refractivity contribution < 1.29 is 14.3 Å². The average Bonchev–Trinajstić information content (AvgIpc) is 2.87. The van der Waals surface area contributed by atoms with Gasteiger partial charge in [0, 0.05) is 6.54 Å². The first-order chi connectivity index (χ1) is 9.24. The van der Waals surface area contributed by atoms with E-state index in [2.05, 4.69) is 10.3 Å². The van der Waals surface area contributed by atoms with Crippen LogP contribution in [0.15, 0.2) is 29.0 Å². The Balaban J connectivity index is 1.86. The maximum atomic E-state index is 11.7. The summed E-state index contributed by atoms with van der Waals surface area (Å²) in [6.07, 6.45) is 2.79. The van der Waals surface area contributed by atoms with Gasteiger partial charge in [-0.2, -0.15) is 0 Å². The lowest BCUT2D eigenvalue weighted by atomic mass is 10.1. The predicted octanol–water partition coefficient (Wildman–Crippen LogP) is 1.50. The lowest BCUT2D eigenvalue weighted by molar-refractivity contribution is -0.126. The zero-order valence-corrected chi connectivity index (χ0v) is 10.9. The van der Waals surface area contributed by atoms with Crippen molar-refractivity contribution in [3.63, 3.8) is 0 Å². The second-order valence-corrected chi connectivity index (χ2v) is 4.48. The van der Waals surface area contributed by atoms with Crippen LogP contribution in [0.2, 0.25) is 0 Å². The Morgan fingerprint density at radius 1 is 1.53 bits per heavy atom. The molecule has 1 atom stereocenters. The van der Waals surface area contributed by atoms with Crippen LogP contribution in [0, 0.1) is 5.92 Å². The number of aliphatic hydroxyl groups is 1. The molecule has 0 aliphatic rings. The number of aliphatic hydroxyl groups excluding tert-OH is 1. The first-order valence-electron chi connectivity index (χ1n) is 6.45. The van der Waals surface area contributed by atoms with E-state index in [1.807, 2.05) is 25.1 Å². The van der Waals surface area contributed by atoms with E-state index in [1.54, 1.807) is 0 Å². The summed E-state index contributed by atoms with van der Waals surface area (Å²) >= 11 is 0. The number of nitrogens with zero attached hydrogens (tertiary/aromatic N) is 1. The first-order valence-corrected chi connectivity index (χ1v) is 6.45. The van der Waals surface area contributed by atoms with E-state index in [9.17, 15) is 4.79 Å². The third-order valence-corrected chi connectivity index (χ3v) is 3.19. The molecular weight excluding hydrogens is 244 g/mol. The molecule has 0 radical (unpaired) electrons. The van der Waals surface area contributed by atoms with Crippen LogP contribution < -0.4 is 5.32 Å². The zero-order chi connectivity index (χ0) is 13.7. The van der Waals surface area contributed by atoms with Gasteiger partial charge in [-0.05, 0) is 30.5 Å². The Labute approximate surface area is 111 Å². The van der Waals surface area contributed by atoms with Gasteiger partial charge in [0.1, 0.15) is 5.52 Å². The highest BCUT2D eigenvalue weighted by Crippen LogP contribution is 2.14. The van der Waals surface area contributed by atoms with Crippen LogP contribution in [0.1, 0.15) is 18.9 Å². The van der Waals surface area contributed by atoms with Crippen LogP contribution in [0.5, 0.6) is 0 Å². The van der Waals surface area contributed by atoms with Gasteiger partial charge in [-0.25, -0.2) is 4.98 Å². The predicted molar refractivity (Wildman–Crippen MR) is 71.6 cm³/mol. The van der Waals surface area contributed by atoms with E-state index in [0.29, 0.717) is 13.0 Å². The number of fused-ring (bicyclic) bond motifs is 1. The molecule has 2 N–H and O–H groups in total. The molecule has 5 nitrogen and oxygen atoms in total. The fourth-order valence-electron chi connectivity index (χ4n) is 1.93. The van der Waals surface area contributed by atoms with Crippen molar-refractivity contribution in [1.29, 1.82) is 0 Å². The Kier molecular flexibility index (Phi) is 4.52. The standard InChI is InChI=1S/C14H18N2O3/c1-2-11(8-17)14(18)15-6-5-10-3-4-12-13(7-10)19-9-16-12/h3-4,7,9,11,17H,2,5-6,8H2,1H3,(H,15,18). The Morgan fingerprint density at radius 2 is 2.37 bits per heavy atom. The van der Waals surface area contributed by atoms with Crippen LogP contribution >= 0.6 is 0 Å². The van der Waals surface area contributed by atoms with Crippen molar-refractivity contribution >= 4 is 17.0 Å². The maximum absolute atomic E-state index is 11.7. The third kappa shape index (κ3) is 3.32. The molecule has 2 rings (SSSR count). The van der Waals surface area contributed by atoms with Gasteiger partial charge < -0.3 is 14.8 Å². The van der Waals surface area contributed by atoms with Gasteiger partial charge >= 0.3 is 0 Å². The smallest absolute Gasteiger partial charge is 0.225 e. The molecule has 0 bridgehead atoms. The lowest BCUT2D eigenvalue weighted by Crippen LogP contribution is -2.33. The highest BCUT2D eigenvalue weighted by atomic mass is 16.3. The number of hydrogen-bond acceptors (Lipinski definition) is 4. The number of rotatable bonds is 6. The quantitative estimate of drug-likeness (QED) is 0.827. The molecule has 0 saturated heterocycles. The number of oxazole rings is 1. The van der Waals surface area contributed by atoms with Crippen molar-refractivity contribution in [2.45, 2.75) is 19.8 Å². The van der Waals surface area contributed by atoms with Gasteiger partial charge in [0.2, 0.25) is 5.91 Å². The molecule has 0 spiro atoms. The maximum Gasteiger partial charge on any atom is 0.225 e. The molecule has 0 fully saturated rings. The van der Waals surface area contributed by atoms with Gasteiger partial charge in [-0.15, -0.1) is 0 Å². The van der Waals surface area contributed by atoms with Crippen LogP contribution in [-0.4, -0.2) is 29.1 Å². The topological polar surface area (TPSA) is 75.4 Å². The highest BCUT2D eigenvalue weighted by Gasteiger charge is 2.14. The molecule has 5 heteroatoms. The summed E-state index contributed by atoms with van der Waals surface area (Å²) in [5.74, 6) is -0.400. The van der Waals surface area contributed by atoms with Crippen molar-refractivity contribution in [2.24, 2.45) is 5.92 Å². The number of carbonyl (C=O) groups excluding carboxylic acids is 1. The van der Waals surface area contributed by atoms with Gasteiger partial charge in [0.15, 0.2) is 12.0 Å². The molecule has 0 saturated carbocycles. The van der Waals surface area contributed by atoms with E-state index in [4.69, 9.17) is 9.52 Å². The van der Waals surface area contributed by atoms with Crippen molar-refractivity contribution in [1.82, 2.24) is 10.3 Å². The first kappa shape index (κ1) is 13.5. The number of aromatic nitrogens is 1. The Bertz CT molecular complexity index is 546. The molecule has 19 heavy (non-hydrogen) atoms. The van der Waals surface area contributed by atoms with Gasteiger partial charge in [-0.1, -0.05) is 13.0 Å². The van der Waals surface area contributed by atoms with Gasteiger partial charge in [-0.3, -0.25) is 4.79 Å². The molecule has 1 aromatic heterocycles. The summed E-state index contributed by atoms with van der Waals surface area (Å²) in [6, 6.07) is 5.80. The zero-order valence-electron chi connectivity index (χ0n) is 10.9. The van der Waals surface area contributed by atoms with E-state index >= 15 is 0 Å². The van der Waals surface area contributed by atoms with Gasteiger partial charge in [0.25, 0.3) is 0 Å². The molecule has 102 valence electrons. The summed E-state index contributed by atoms with van der Waals surface area (Å²) in [5.41, 5.74) is 2.67. The van der Waals surface area contributed by atoms with E-state index in [-0.39, 0.29) is 18.4 Å². The summed E-state index contributed by atoms with van der Waals surface area (Å²) in [7, 11) is 0. The van der Waals surface area contributed by atoms with Crippen LogP contribution in [-0.2, 0) is 11.2 Å². The summed E-state index contributed by atoms with van der Waals surface area (Å²) in [5, 5.41) is 11.9. The number of amides is 1. The van der Waals surface area contributed by atoms with Crippen LogP contribution in [0.25, 0.3) is 11.1 Å². The van der Waals surface area contributed by atoms with E-state index < -0.39 is 0 Å². The van der Waals surface area contributed by atoms with E-state index in [0.717, 1.165) is 23.1 Å². The normalized spacial score (nSPS) is 12.5. The minimum Gasteiger partial charge on any atom is -0.443 e. The molecule has 0 aliphatic heterocycles. The summed E-state index contributed by atoms with van der Waals surface area (Å²) in [4.78, 5) is 15.7. The molecule has 2 aromatic rings. The Morgan fingerprint density at radius 3 is 3.11 bits per heavy atom. The monoisotopic (exact) mass is 262 g/mol. The minimum atomic E-state index is -0.309. The van der Waals surface area contributed by atoms with Gasteiger partial charge in [0.05, 0.1) is 12.5 Å². The molecule has 1 amide bonds. The number of benzene rings is 1. The molecule has 1 heterocycles. The summed E-state index contributed by atoms with van der Waals surface area (Å²) < 4.78 is 5.23. The minimum absolute atomic E-state index is 0.0919. The molecule has 1 unspecified atom stereocenters. The fraction of sp³-hybridized carbons (Fsp3) is 0.429. The number of carbonyl (C=O) groups is 1. The Hall–Kier alpha value is -1.88. The molecule has 0 aliphatic carbocycles. The van der Waals surface area contributed by atoms with Crippen LogP contribution in [0.3, 0.4) is 0 Å². The molecular formula is C14H18N2O3.